The van der Waals surface area contributed by atoms with Gasteiger partial charge in [-0.25, -0.2) is 22.0 Å². The highest BCUT2D eigenvalue weighted by Gasteiger charge is 2.76. The van der Waals surface area contributed by atoms with E-state index in [0.29, 0.717) is 0 Å². The number of alkyl halides is 8. The minimum absolute atomic E-state index is 0.114. The Morgan fingerprint density at radius 3 is 1.53 bits per heavy atom. The molecule has 0 heterocycles. The summed E-state index contributed by atoms with van der Waals surface area (Å²) >= 11 is 0. The zero-order valence-electron chi connectivity index (χ0n) is 6.96. The molecule has 0 fully saturated rings. The number of halogens is 8. The van der Waals surface area contributed by atoms with Gasteiger partial charge in [-0.2, -0.15) is 13.2 Å². The van der Waals surface area contributed by atoms with Crippen LogP contribution in [0.1, 0.15) is 0 Å². The predicted molar refractivity (Wildman–Crippen MR) is 35.3 cm³/mol. The largest absolute Gasteiger partial charge is 0.434 e. The summed E-state index contributed by atoms with van der Waals surface area (Å²) in [6.07, 6.45) is -11.8. The van der Waals surface area contributed by atoms with Crippen molar-refractivity contribution < 1.29 is 35.1 Å². The van der Waals surface area contributed by atoms with Crippen molar-refractivity contribution in [3.63, 3.8) is 0 Å². The molecule has 0 aromatic heterocycles. The SMILES string of the molecule is C=C[CH]C(F)(F)C(F)(C(F)F)C(F)(F)F. The molecule has 0 spiro atoms. The third-order valence-electron chi connectivity index (χ3n) is 1.53. The van der Waals surface area contributed by atoms with E-state index in [9.17, 15) is 35.1 Å². The highest BCUT2D eigenvalue weighted by molar-refractivity contribution is 5.13. The molecule has 89 valence electrons. The predicted octanol–water partition coefficient (Wildman–Crippen LogP) is 3.55. The summed E-state index contributed by atoms with van der Waals surface area (Å²) in [5, 5.41) is 0. The Bertz CT molecular complexity index is 230. The molecular weight excluding hydrogens is 236 g/mol. The van der Waals surface area contributed by atoms with E-state index in [2.05, 4.69) is 6.58 Å². The Hall–Kier alpha value is -0.820. The van der Waals surface area contributed by atoms with Crippen LogP contribution in [0.2, 0.25) is 0 Å². The second-order valence-electron chi connectivity index (χ2n) is 2.54. The average Bonchev–Trinajstić information content (AvgIpc) is 1.99. The fourth-order valence-corrected chi connectivity index (χ4v) is 0.727. The first kappa shape index (κ1) is 14.2. The highest BCUT2D eigenvalue weighted by Crippen LogP contribution is 2.50. The molecule has 0 N–H and O–H groups in total. The van der Waals surface area contributed by atoms with E-state index in [1.807, 2.05) is 0 Å². The Morgan fingerprint density at radius 2 is 1.33 bits per heavy atom. The fraction of sp³-hybridized carbons (Fsp3) is 0.571. The van der Waals surface area contributed by atoms with Crippen molar-refractivity contribution in [3.05, 3.63) is 19.1 Å². The Morgan fingerprint density at radius 1 is 0.933 bits per heavy atom. The minimum Gasteiger partial charge on any atom is -0.220 e. The molecule has 0 rings (SSSR count). The van der Waals surface area contributed by atoms with Gasteiger partial charge in [0.05, 0.1) is 6.42 Å². The van der Waals surface area contributed by atoms with Gasteiger partial charge in [0.25, 0.3) is 6.43 Å². The molecule has 0 aliphatic rings. The molecule has 0 aromatic rings. The van der Waals surface area contributed by atoms with Crippen LogP contribution in [0.15, 0.2) is 12.7 Å². The van der Waals surface area contributed by atoms with Crippen molar-refractivity contribution in [2.45, 2.75) is 24.2 Å². The van der Waals surface area contributed by atoms with Crippen LogP contribution in [-0.4, -0.2) is 24.2 Å². The first-order valence-corrected chi connectivity index (χ1v) is 3.39. The van der Waals surface area contributed by atoms with Gasteiger partial charge in [-0.3, -0.25) is 0 Å². The maximum atomic E-state index is 12.7. The monoisotopic (exact) mass is 241 g/mol. The molecule has 0 aliphatic carbocycles. The zero-order chi connectivity index (χ0) is 12.5. The van der Waals surface area contributed by atoms with Crippen molar-refractivity contribution in [1.29, 1.82) is 0 Å². The van der Waals surface area contributed by atoms with Gasteiger partial charge in [-0.1, -0.05) is 6.08 Å². The van der Waals surface area contributed by atoms with Gasteiger partial charge in [-0.05, 0) is 0 Å². The molecule has 0 bridgehead atoms. The smallest absolute Gasteiger partial charge is 0.220 e. The first-order chi connectivity index (χ1) is 6.50. The Labute approximate surface area is 79.6 Å². The lowest BCUT2D eigenvalue weighted by Crippen LogP contribution is -2.60. The van der Waals surface area contributed by atoms with E-state index < -0.39 is 30.6 Å². The van der Waals surface area contributed by atoms with Crippen molar-refractivity contribution in [3.8, 4) is 0 Å². The lowest BCUT2D eigenvalue weighted by Gasteiger charge is -2.33. The first-order valence-electron chi connectivity index (χ1n) is 3.39. The highest BCUT2D eigenvalue weighted by atomic mass is 19.4. The van der Waals surface area contributed by atoms with Gasteiger partial charge in [0.15, 0.2) is 0 Å². The van der Waals surface area contributed by atoms with Gasteiger partial charge in [-0.15, -0.1) is 6.58 Å². The summed E-state index contributed by atoms with van der Waals surface area (Å²) in [7, 11) is 0. The molecular formula is C7H5F8. The zero-order valence-corrected chi connectivity index (χ0v) is 6.96. The standard InChI is InChI=1S/C7H5F8/c1-2-3-5(10,11)6(12,4(8)9)7(13,14)15/h2-4H,1H2. The second kappa shape index (κ2) is 3.97. The third-order valence-corrected chi connectivity index (χ3v) is 1.53. The number of hydrogen-bond acceptors (Lipinski definition) is 0. The van der Waals surface area contributed by atoms with Crippen molar-refractivity contribution >= 4 is 0 Å². The molecule has 0 saturated heterocycles. The third kappa shape index (κ3) is 2.23. The van der Waals surface area contributed by atoms with Crippen molar-refractivity contribution in [2.24, 2.45) is 0 Å². The molecule has 0 aromatic carbocycles. The van der Waals surface area contributed by atoms with E-state index in [4.69, 9.17) is 0 Å². The quantitative estimate of drug-likeness (QED) is 0.660. The van der Waals surface area contributed by atoms with E-state index in [1.165, 1.54) is 0 Å². The van der Waals surface area contributed by atoms with Crippen LogP contribution < -0.4 is 0 Å². The summed E-state index contributed by atoms with van der Waals surface area (Å²) in [4.78, 5) is 0. The van der Waals surface area contributed by atoms with E-state index >= 15 is 0 Å². The number of allylic oxidation sites excluding steroid dienone is 1. The topological polar surface area (TPSA) is 0 Å². The van der Waals surface area contributed by atoms with Gasteiger partial charge in [0.1, 0.15) is 0 Å². The van der Waals surface area contributed by atoms with Crippen LogP contribution in [-0.2, 0) is 0 Å². The molecule has 15 heavy (non-hydrogen) atoms. The maximum Gasteiger partial charge on any atom is 0.434 e. The molecule has 0 aliphatic heterocycles. The minimum atomic E-state index is -6.38. The van der Waals surface area contributed by atoms with Crippen LogP contribution in [0, 0.1) is 6.42 Å². The van der Waals surface area contributed by atoms with Gasteiger partial charge in [0, 0.05) is 0 Å². The summed E-state index contributed by atoms with van der Waals surface area (Å²) in [6.45, 7) is 2.59. The van der Waals surface area contributed by atoms with Crippen LogP contribution in [0.25, 0.3) is 0 Å². The molecule has 0 amide bonds. The average molecular weight is 241 g/mol. The summed E-state index contributed by atoms with van der Waals surface area (Å²) in [5.74, 6) is -5.37. The van der Waals surface area contributed by atoms with Gasteiger partial charge >= 0.3 is 17.8 Å². The van der Waals surface area contributed by atoms with Crippen LogP contribution >= 0.6 is 0 Å². The van der Waals surface area contributed by atoms with Crippen molar-refractivity contribution in [1.82, 2.24) is 0 Å². The van der Waals surface area contributed by atoms with E-state index in [-0.39, 0.29) is 6.08 Å². The number of rotatable bonds is 4. The lowest BCUT2D eigenvalue weighted by molar-refractivity contribution is -0.326. The van der Waals surface area contributed by atoms with Gasteiger partial charge < -0.3 is 0 Å². The molecule has 8 heteroatoms. The summed E-state index contributed by atoms with van der Waals surface area (Å²) in [5.41, 5.74) is -5.91. The molecule has 0 saturated carbocycles. The van der Waals surface area contributed by atoms with E-state index in [0.717, 1.165) is 0 Å². The normalized spacial score (nSPS) is 17.7. The maximum absolute atomic E-state index is 12.7. The summed E-state index contributed by atoms with van der Waals surface area (Å²) in [6, 6.07) is 0. The van der Waals surface area contributed by atoms with Gasteiger partial charge in [0.2, 0.25) is 0 Å². The Kier molecular flexibility index (Phi) is 3.76. The lowest BCUT2D eigenvalue weighted by atomic mass is 9.94. The van der Waals surface area contributed by atoms with Crippen LogP contribution in [0.4, 0.5) is 35.1 Å². The molecule has 1 radical (unpaired) electrons. The number of hydrogen-bond donors (Lipinski definition) is 0. The Balaban J connectivity index is 5.39. The van der Waals surface area contributed by atoms with E-state index in [1.54, 1.807) is 0 Å². The molecule has 0 nitrogen and oxygen atoms in total. The fourth-order valence-electron chi connectivity index (χ4n) is 0.727. The molecule has 1 unspecified atom stereocenters. The summed E-state index contributed by atoms with van der Waals surface area (Å²) < 4.78 is 96.6. The second-order valence-corrected chi connectivity index (χ2v) is 2.54. The molecule has 1 atom stereocenters. The van der Waals surface area contributed by atoms with Crippen LogP contribution in [0.5, 0.6) is 0 Å². The van der Waals surface area contributed by atoms with Crippen molar-refractivity contribution in [2.75, 3.05) is 0 Å². The van der Waals surface area contributed by atoms with Crippen LogP contribution in [0.3, 0.4) is 0 Å².